The van der Waals surface area contributed by atoms with E-state index in [2.05, 4.69) is 42.9 Å². The quantitative estimate of drug-likeness (QED) is 0.455. The highest BCUT2D eigenvalue weighted by Gasteiger charge is 2.44. The number of nitrogens with one attached hydrogen (secondary N) is 3. The maximum Gasteiger partial charge on any atom is 0.191 e. The number of hydrogen-bond donors (Lipinski definition) is 3. The van der Waals surface area contributed by atoms with Crippen molar-refractivity contribution in [2.45, 2.75) is 24.8 Å². The van der Waals surface area contributed by atoms with Crippen LogP contribution in [0.1, 0.15) is 24.0 Å². The summed E-state index contributed by atoms with van der Waals surface area (Å²) in [7, 11) is 1.75. The van der Waals surface area contributed by atoms with Crippen LogP contribution in [-0.2, 0) is 12.0 Å². The zero-order chi connectivity index (χ0) is 19.4. The van der Waals surface area contributed by atoms with Gasteiger partial charge in [-0.25, -0.2) is 9.37 Å². The summed E-state index contributed by atoms with van der Waals surface area (Å²) in [5.41, 5.74) is 3.16. The fourth-order valence-corrected chi connectivity index (χ4v) is 3.37. The van der Waals surface area contributed by atoms with Crippen LogP contribution in [0.15, 0.2) is 59.9 Å². The number of aromatic nitrogens is 3. The van der Waals surface area contributed by atoms with Crippen LogP contribution in [0.5, 0.6) is 0 Å². The Morgan fingerprint density at radius 3 is 2.75 bits per heavy atom. The fraction of sp³-hybridized carbons (Fsp3) is 0.286. The smallest absolute Gasteiger partial charge is 0.191 e. The zero-order valence-electron chi connectivity index (χ0n) is 15.7. The highest BCUT2D eigenvalue weighted by Crippen LogP contribution is 2.47. The number of nitrogens with zero attached hydrogens (tertiary/aromatic N) is 3. The number of benzene rings is 2. The van der Waals surface area contributed by atoms with E-state index in [4.69, 9.17) is 0 Å². The van der Waals surface area contributed by atoms with Crippen molar-refractivity contribution >= 4 is 5.96 Å². The summed E-state index contributed by atoms with van der Waals surface area (Å²) in [6.45, 7) is 1.36. The maximum absolute atomic E-state index is 13.6. The molecule has 0 amide bonds. The molecule has 28 heavy (non-hydrogen) atoms. The van der Waals surface area contributed by atoms with Crippen molar-refractivity contribution in [3.63, 3.8) is 0 Å². The van der Waals surface area contributed by atoms with Crippen molar-refractivity contribution in [1.82, 2.24) is 25.8 Å². The second-order valence-electron chi connectivity index (χ2n) is 7.10. The maximum atomic E-state index is 13.6. The van der Waals surface area contributed by atoms with Crippen LogP contribution in [0.2, 0.25) is 0 Å². The average Bonchev–Trinajstić information content (AvgIpc) is 3.31. The molecule has 0 radical (unpaired) electrons. The largest absolute Gasteiger partial charge is 0.356 e. The summed E-state index contributed by atoms with van der Waals surface area (Å²) < 4.78 is 13.6. The van der Waals surface area contributed by atoms with E-state index < -0.39 is 0 Å². The molecule has 1 aliphatic carbocycles. The summed E-state index contributed by atoms with van der Waals surface area (Å²) in [6, 6.07) is 15.0. The number of hydrogen-bond acceptors (Lipinski definition) is 3. The van der Waals surface area contributed by atoms with Crippen molar-refractivity contribution in [1.29, 1.82) is 0 Å². The van der Waals surface area contributed by atoms with Gasteiger partial charge in [-0.3, -0.25) is 10.1 Å². The van der Waals surface area contributed by atoms with Crippen LogP contribution in [0.25, 0.3) is 11.4 Å². The van der Waals surface area contributed by atoms with Gasteiger partial charge in [-0.15, -0.1) is 0 Å². The molecule has 1 heterocycles. The van der Waals surface area contributed by atoms with Gasteiger partial charge in [-0.05, 0) is 42.2 Å². The molecule has 0 spiro atoms. The molecule has 0 bridgehead atoms. The van der Waals surface area contributed by atoms with Gasteiger partial charge in [-0.1, -0.05) is 30.3 Å². The Morgan fingerprint density at radius 2 is 2.04 bits per heavy atom. The molecule has 0 unspecified atom stereocenters. The molecule has 6 nitrogen and oxygen atoms in total. The Balaban J connectivity index is 1.35. The molecule has 3 N–H and O–H groups in total. The number of guanidine groups is 1. The van der Waals surface area contributed by atoms with E-state index in [1.54, 1.807) is 19.2 Å². The second-order valence-corrected chi connectivity index (χ2v) is 7.10. The summed E-state index contributed by atoms with van der Waals surface area (Å²) in [5, 5.41) is 13.5. The molecule has 144 valence electrons. The summed E-state index contributed by atoms with van der Waals surface area (Å²) in [6.07, 6.45) is 3.61. The first-order chi connectivity index (χ1) is 13.7. The Bertz CT molecular complexity index is 963. The SMILES string of the molecule is CN=C(NCc1cccc(-c2ncn[nH]2)c1)NCC1(c2cccc(F)c2)CC1. The highest BCUT2D eigenvalue weighted by molar-refractivity contribution is 5.79. The first-order valence-corrected chi connectivity index (χ1v) is 9.34. The molecule has 0 saturated heterocycles. The summed E-state index contributed by atoms with van der Waals surface area (Å²) >= 11 is 0. The lowest BCUT2D eigenvalue weighted by Gasteiger charge is -2.19. The minimum Gasteiger partial charge on any atom is -0.356 e. The van der Waals surface area contributed by atoms with Crippen molar-refractivity contribution in [2.24, 2.45) is 4.99 Å². The third kappa shape index (κ3) is 4.03. The van der Waals surface area contributed by atoms with Gasteiger partial charge in [0.15, 0.2) is 11.8 Å². The van der Waals surface area contributed by atoms with Gasteiger partial charge >= 0.3 is 0 Å². The van der Waals surface area contributed by atoms with Crippen LogP contribution >= 0.6 is 0 Å². The van der Waals surface area contributed by atoms with Gasteiger partial charge in [0.1, 0.15) is 12.1 Å². The van der Waals surface area contributed by atoms with Gasteiger partial charge < -0.3 is 10.6 Å². The lowest BCUT2D eigenvalue weighted by atomic mass is 9.96. The van der Waals surface area contributed by atoms with Crippen LogP contribution in [-0.4, -0.2) is 34.7 Å². The molecule has 1 aliphatic rings. The second kappa shape index (κ2) is 7.80. The van der Waals surface area contributed by atoms with Crippen molar-refractivity contribution in [3.8, 4) is 11.4 Å². The number of halogens is 1. The van der Waals surface area contributed by atoms with Crippen LogP contribution < -0.4 is 10.6 Å². The first kappa shape index (κ1) is 18.2. The lowest BCUT2D eigenvalue weighted by molar-refractivity contribution is 0.607. The Kier molecular flexibility index (Phi) is 5.06. The molecule has 2 aromatic carbocycles. The van der Waals surface area contributed by atoms with E-state index in [1.807, 2.05) is 18.2 Å². The van der Waals surface area contributed by atoms with Gasteiger partial charge in [-0.2, -0.15) is 5.10 Å². The monoisotopic (exact) mass is 378 g/mol. The molecule has 3 aromatic rings. The normalized spacial score (nSPS) is 15.3. The third-order valence-corrected chi connectivity index (χ3v) is 5.18. The lowest BCUT2D eigenvalue weighted by Crippen LogP contribution is -2.40. The molecule has 7 heteroatoms. The van der Waals surface area contributed by atoms with E-state index in [9.17, 15) is 4.39 Å². The van der Waals surface area contributed by atoms with Crippen molar-refractivity contribution in [2.75, 3.05) is 13.6 Å². The summed E-state index contributed by atoms with van der Waals surface area (Å²) in [5.74, 6) is 1.29. The van der Waals surface area contributed by atoms with E-state index >= 15 is 0 Å². The molecular formula is C21H23FN6. The van der Waals surface area contributed by atoms with E-state index in [0.29, 0.717) is 6.54 Å². The van der Waals surface area contributed by atoms with Gasteiger partial charge in [0.2, 0.25) is 0 Å². The molecule has 0 atom stereocenters. The minimum absolute atomic E-state index is 0.00588. The molecule has 0 aliphatic heterocycles. The molecule has 4 rings (SSSR count). The minimum atomic E-state index is -0.182. The fourth-order valence-electron chi connectivity index (χ4n) is 3.37. The van der Waals surface area contributed by atoms with E-state index in [0.717, 1.165) is 47.9 Å². The number of rotatable bonds is 6. The van der Waals surface area contributed by atoms with Crippen LogP contribution in [0.3, 0.4) is 0 Å². The molecule has 1 aromatic heterocycles. The van der Waals surface area contributed by atoms with Gasteiger partial charge in [0.25, 0.3) is 0 Å². The van der Waals surface area contributed by atoms with Crippen LogP contribution in [0.4, 0.5) is 4.39 Å². The molecule has 1 saturated carbocycles. The molecule has 1 fully saturated rings. The standard InChI is InChI=1S/C21H23FN6/c1-23-20(25-13-21(8-9-21)17-6-3-7-18(22)11-17)24-12-15-4-2-5-16(10-15)19-26-14-27-28-19/h2-7,10-11,14H,8-9,12-13H2,1H3,(H2,23,24,25)(H,26,27,28). The number of aromatic amines is 1. The van der Waals surface area contributed by atoms with Gasteiger partial charge in [0.05, 0.1) is 0 Å². The summed E-state index contributed by atoms with van der Waals surface area (Å²) in [4.78, 5) is 8.50. The predicted molar refractivity (Wildman–Crippen MR) is 107 cm³/mol. The highest BCUT2D eigenvalue weighted by atomic mass is 19.1. The van der Waals surface area contributed by atoms with Gasteiger partial charge in [0, 0.05) is 31.1 Å². The van der Waals surface area contributed by atoms with E-state index in [-0.39, 0.29) is 11.2 Å². The number of aliphatic imine (C=N–C) groups is 1. The van der Waals surface area contributed by atoms with E-state index in [1.165, 1.54) is 12.4 Å². The van der Waals surface area contributed by atoms with Crippen LogP contribution in [0, 0.1) is 5.82 Å². The predicted octanol–water partition coefficient (Wildman–Crippen LogP) is 3.01. The van der Waals surface area contributed by atoms with Crippen molar-refractivity contribution < 1.29 is 4.39 Å². The Morgan fingerprint density at radius 1 is 1.18 bits per heavy atom. The average molecular weight is 378 g/mol. The molecular weight excluding hydrogens is 355 g/mol. The van der Waals surface area contributed by atoms with Crippen molar-refractivity contribution in [3.05, 3.63) is 71.8 Å². The third-order valence-electron chi connectivity index (χ3n) is 5.18. The Labute approximate surface area is 163 Å². The topological polar surface area (TPSA) is 78.0 Å². The first-order valence-electron chi connectivity index (χ1n) is 9.34. The number of H-pyrrole nitrogens is 1. The zero-order valence-corrected chi connectivity index (χ0v) is 15.7. The Hall–Kier alpha value is -3.22.